The molecule has 0 saturated heterocycles. The van der Waals surface area contributed by atoms with Crippen molar-refractivity contribution in [3.05, 3.63) is 75.7 Å². The summed E-state index contributed by atoms with van der Waals surface area (Å²) < 4.78 is 5.52. The normalized spacial score (nSPS) is 12.9. The zero-order chi connectivity index (χ0) is 24.8. The number of fused-ring (bicyclic) bond motifs is 3. The van der Waals surface area contributed by atoms with Gasteiger partial charge in [-0.25, -0.2) is 9.78 Å². The second-order valence-corrected chi connectivity index (χ2v) is 9.31. The molecule has 9 heteroatoms. The van der Waals surface area contributed by atoms with E-state index in [1.165, 1.54) is 11.3 Å². The summed E-state index contributed by atoms with van der Waals surface area (Å²) in [6.07, 6.45) is 0.626. The van der Waals surface area contributed by atoms with Crippen molar-refractivity contribution in [2.24, 2.45) is 0 Å². The van der Waals surface area contributed by atoms with Crippen molar-refractivity contribution in [2.75, 3.05) is 6.61 Å². The number of ether oxygens (including phenoxy) is 1. The van der Waals surface area contributed by atoms with Crippen LogP contribution in [0.4, 0.5) is 4.79 Å². The number of carbonyl (C=O) groups excluding carboxylic acids is 2. The number of rotatable bonds is 10. The van der Waals surface area contributed by atoms with E-state index in [1.54, 1.807) is 5.38 Å². The van der Waals surface area contributed by atoms with Gasteiger partial charge >= 0.3 is 12.1 Å². The number of aliphatic carboxylic acids is 1. The highest BCUT2D eigenvalue weighted by Gasteiger charge is 2.29. The fourth-order valence-corrected chi connectivity index (χ4v) is 5.05. The van der Waals surface area contributed by atoms with Crippen molar-refractivity contribution >= 4 is 29.3 Å². The van der Waals surface area contributed by atoms with E-state index in [0.717, 1.165) is 28.7 Å². The van der Waals surface area contributed by atoms with Gasteiger partial charge < -0.3 is 20.5 Å². The Morgan fingerprint density at radius 1 is 1.09 bits per heavy atom. The predicted octanol–water partition coefficient (Wildman–Crippen LogP) is 4.56. The lowest BCUT2D eigenvalue weighted by Crippen LogP contribution is -2.36. The average molecular weight is 494 g/mol. The van der Waals surface area contributed by atoms with E-state index in [4.69, 9.17) is 9.84 Å². The molecule has 1 unspecified atom stereocenters. The van der Waals surface area contributed by atoms with E-state index >= 15 is 0 Å². The molecule has 8 nitrogen and oxygen atoms in total. The molecule has 0 aliphatic heterocycles. The molecule has 1 aliphatic rings. The lowest BCUT2D eigenvalue weighted by molar-refractivity contribution is -0.137. The molecule has 1 heterocycles. The number of thiazole rings is 1. The lowest BCUT2D eigenvalue weighted by Gasteiger charge is -2.15. The molecule has 0 fully saturated rings. The third-order valence-corrected chi connectivity index (χ3v) is 6.75. The smallest absolute Gasteiger partial charge is 0.407 e. The van der Waals surface area contributed by atoms with Gasteiger partial charge in [-0.3, -0.25) is 9.59 Å². The predicted molar refractivity (Wildman–Crippen MR) is 132 cm³/mol. The first-order chi connectivity index (χ1) is 17.0. The number of hydrogen-bond donors (Lipinski definition) is 3. The summed E-state index contributed by atoms with van der Waals surface area (Å²) in [7, 11) is 0. The second-order valence-electron chi connectivity index (χ2n) is 8.36. The third-order valence-electron chi connectivity index (χ3n) is 5.91. The number of carbonyl (C=O) groups is 3. The standard InChI is InChI=1S/C26H27N3O5S/c1-2-7-16(12-24(30)31)28-25(32)22-15-35-23(29-22)13-27-26(33)34-14-21-19-10-5-3-8-17(19)18-9-4-6-11-20(18)21/h3-6,8-11,15-16,21H,2,7,12-14H2,1H3,(H,27,33)(H,28,32)(H,30,31). The molecule has 3 N–H and O–H groups in total. The number of aromatic nitrogens is 1. The molecule has 182 valence electrons. The average Bonchev–Trinajstić information content (AvgIpc) is 3.44. The van der Waals surface area contributed by atoms with E-state index in [1.807, 2.05) is 31.2 Å². The molecule has 4 rings (SSSR count). The van der Waals surface area contributed by atoms with Crippen LogP contribution >= 0.6 is 11.3 Å². The Hall–Kier alpha value is -3.72. The number of alkyl carbamates (subject to hydrolysis) is 1. The molecule has 1 aromatic heterocycles. The van der Waals surface area contributed by atoms with E-state index in [9.17, 15) is 14.4 Å². The topological polar surface area (TPSA) is 118 Å². The maximum atomic E-state index is 12.4. The highest BCUT2D eigenvalue weighted by Crippen LogP contribution is 2.44. The molecule has 0 bridgehead atoms. The number of nitrogens with one attached hydrogen (secondary N) is 2. The highest BCUT2D eigenvalue weighted by molar-refractivity contribution is 7.09. The van der Waals surface area contributed by atoms with Crippen LogP contribution in [-0.4, -0.2) is 40.7 Å². The van der Waals surface area contributed by atoms with Crippen molar-refractivity contribution < 1.29 is 24.2 Å². The third kappa shape index (κ3) is 5.86. The minimum atomic E-state index is -0.963. The quantitative estimate of drug-likeness (QED) is 0.381. The van der Waals surface area contributed by atoms with Crippen LogP contribution in [-0.2, 0) is 16.1 Å². The van der Waals surface area contributed by atoms with E-state index < -0.39 is 24.0 Å². The maximum absolute atomic E-state index is 12.4. The van der Waals surface area contributed by atoms with Gasteiger partial charge in [-0.05, 0) is 28.7 Å². The summed E-state index contributed by atoms with van der Waals surface area (Å²) in [6.45, 7) is 2.27. The molecule has 2 amide bonds. The number of carboxylic acids is 1. The van der Waals surface area contributed by atoms with Crippen LogP contribution in [0, 0.1) is 0 Å². The van der Waals surface area contributed by atoms with Crippen molar-refractivity contribution in [1.82, 2.24) is 15.6 Å². The van der Waals surface area contributed by atoms with Gasteiger partial charge in [0, 0.05) is 17.3 Å². The van der Waals surface area contributed by atoms with Gasteiger partial charge in [-0.15, -0.1) is 11.3 Å². The lowest BCUT2D eigenvalue weighted by atomic mass is 9.98. The van der Waals surface area contributed by atoms with E-state index in [2.05, 4.69) is 39.9 Å². The number of amides is 2. The van der Waals surface area contributed by atoms with Crippen LogP contribution < -0.4 is 10.6 Å². The summed E-state index contributed by atoms with van der Waals surface area (Å²) in [5.41, 5.74) is 4.80. The van der Waals surface area contributed by atoms with Gasteiger partial charge in [0.25, 0.3) is 5.91 Å². The molecule has 1 aliphatic carbocycles. The Morgan fingerprint density at radius 3 is 2.37 bits per heavy atom. The van der Waals surface area contributed by atoms with Crippen molar-refractivity contribution in [2.45, 2.75) is 44.7 Å². The minimum absolute atomic E-state index is 0.0230. The van der Waals surface area contributed by atoms with Crippen molar-refractivity contribution in [3.8, 4) is 11.1 Å². The number of nitrogens with zero attached hydrogens (tertiary/aromatic N) is 1. The van der Waals surface area contributed by atoms with Crippen molar-refractivity contribution in [3.63, 3.8) is 0 Å². The Balaban J connectivity index is 1.29. The molecule has 0 spiro atoms. The van der Waals surface area contributed by atoms with Gasteiger partial charge in [-0.2, -0.15) is 0 Å². The van der Waals surface area contributed by atoms with Gasteiger partial charge in [0.2, 0.25) is 0 Å². The van der Waals surface area contributed by atoms with Gasteiger partial charge in [0.15, 0.2) is 0 Å². The van der Waals surface area contributed by atoms with Crippen LogP contribution in [0.25, 0.3) is 11.1 Å². The van der Waals surface area contributed by atoms with Gasteiger partial charge in [0.05, 0.1) is 13.0 Å². The Bertz CT molecular complexity index is 1180. The zero-order valence-corrected chi connectivity index (χ0v) is 20.1. The summed E-state index contributed by atoms with van der Waals surface area (Å²) in [6, 6.07) is 15.8. The van der Waals surface area contributed by atoms with Gasteiger partial charge in [-0.1, -0.05) is 61.9 Å². The van der Waals surface area contributed by atoms with E-state index in [-0.39, 0.29) is 31.2 Å². The number of hydrogen-bond acceptors (Lipinski definition) is 6. The zero-order valence-electron chi connectivity index (χ0n) is 19.3. The maximum Gasteiger partial charge on any atom is 0.407 e. The number of carboxylic acid groups (broad SMARTS) is 1. The summed E-state index contributed by atoms with van der Waals surface area (Å²) in [4.78, 5) is 40.1. The number of benzene rings is 2. The summed E-state index contributed by atoms with van der Waals surface area (Å²) in [5, 5.41) is 16.6. The molecule has 3 aromatic rings. The first-order valence-corrected chi connectivity index (χ1v) is 12.4. The molecule has 35 heavy (non-hydrogen) atoms. The molecular formula is C26H27N3O5S. The Labute approximate surface area is 207 Å². The summed E-state index contributed by atoms with van der Waals surface area (Å²) in [5.74, 6) is -1.41. The minimum Gasteiger partial charge on any atom is -0.481 e. The molecular weight excluding hydrogens is 466 g/mol. The van der Waals surface area contributed by atoms with Crippen LogP contribution in [0.3, 0.4) is 0 Å². The first-order valence-electron chi connectivity index (χ1n) is 11.5. The van der Waals surface area contributed by atoms with Crippen LogP contribution in [0.5, 0.6) is 0 Å². The molecule has 0 radical (unpaired) electrons. The van der Waals surface area contributed by atoms with Crippen LogP contribution in [0.15, 0.2) is 53.9 Å². The largest absolute Gasteiger partial charge is 0.481 e. The van der Waals surface area contributed by atoms with Crippen molar-refractivity contribution in [1.29, 1.82) is 0 Å². The monoisotopic (exact) mass is 493 g/mol. The SMILES string of the molecule is CCCC(CC(=O)O)NC(=O)c1csc(CNC(=O)OCC2c3ccccc3-c3ccccc32)n1. The van der Waals surface area contributed by atoms with Crippen LogP contribution in [0.1, 0.15) is 58.7 Å². The molecule has 1 atom stereocenters. The first kappa shape index (κ1) is 24.4. The van der Waals surface area contributed by atoms with Crippen LogP contribution in [0.2, 0.25) is 0 Å². The second kappa shape index (κ2) is 11.1. The van der Waals surface area contributed by atoms with E-state index in [0.29, 0.717) is 11.4 Å². The summed E-state index contributed by atoms with van der Waals surface area (Å²) >= 11 is 1.24. The molecule has 0 saturated carbocycles. The highest BCUT2D eigenvalue weighted by atomic mass is 32.1. The fourth-order valence-electron chi connectivity index (χ4n) is 4.34. The Morgan fingerprint density at radius 2 is 1.74 bits per heavy atom. The fraction of sp³-hybridized carbons (Fsp3) is 0.308. The van der Waals surface area contributed by atoms with Gasteiger partial charge in [0.1, 0.15) is 17.3 Å². The molecule has 2 aromatic carbocycles. The Kier molecular flexibility index (Phi) is 7.77.